The van der Waals surface area contributed by atoms with Crippen LogP contribution in [0, 0.1) is 0 Å². The number of likely N-dealkylation sites (N-methyl/N-ethyl adjacent to an activating group) is 1. The van der Waals surface area contributed by atoms with Gasteiger partial charge in [-0.05, 0) is 46.6 Å². The molecule has 2 rings (SSSR count). The Balaban J connectivity index is 2.02. The first-order valence-corrected chi connectivity index (χ1v) is 6.66. The highest BCUT2D eigenvalue weighted by atomic mass is 15.2. The van der Waals surface area contributed by atoms with Gasteiger partial charge in [-0.25, -0.2) is 0 Å². The number of nitrogens with one attached hydrogen (secondary N) is 1. The molecular formula is C14H24N4. The van der Waals surface area contributed by atoms with Crippen LogP contribution in [0.15, 0.2) is 18.3 Å². The summed E-state index contributed by atoms with van der Waals surface area (Å²) < 4.78 is 0. The van der Waals surface area contributed by atoms with Crippen LogP contribution in [0.4, 0.5) is 5.69 Å². The summed E-state index contributed by atoms with van der Waals surface area (Å²) >= 11 is 0. The van der Waals surface area contributed by atoms with Crippen LogP contribution >= 0.6 is 0 Å². The van der Waals surface area contributed by atoms with Gasteiger partial charge in [-0.3, -0.25) is 4.98 Å². The largest absolute Gasteiger partial charge is 0.369 e. The van der Waals surface area contributed by atoms with Gasteiger partial charge in [0.25, 0.3) is 0 Å². The van der Waals surface area contributed by atoms with Crippen molar-refractivity contribution in [1.82, 2.24) is 15.2 Å². The number of nitrogens with zero attached hydrogens (tertiary/aromatic N) is 3. The minimum absolute atomic E-state index is 0.312. The lowest BCUT2D eigenvalue weighted by atomic mass is 10.2. The molecule has 1 aromatic heterocycles. The number of pyridine rings is 1. The van der Waals surface area contributed by atoms with Crippen LogP contribution in [0.1, 0.15) is 25.1 Å². The van der Waals surface area contributed by atoms with E-state index in [1.54, 1.807) is 0 Å². The second kappa shape index (κ2) is 5.67. The smallest absolute Gasteiger partial charge is 0.0571 e. The fourth-order valence-electron chi connectivity index (χ4n) is 2.39. The van der Waals surface area contributed by atoms with Crippen LogP contribution in [0.5, 0.6) is 0 Å². The average Bonchev–Trinajstić information content (AvgIpc) is 2.88. The summed E-state index contributed by atoms with van der Waals surface area (Å²) in [5.74, 6) is 0. The zero-order valence-corrected chi connectivity index (χ0v) is 11.8. The highest BCUT2D eigenvalue weighted by Gasteiger charge is 2.24. The minimum Gasteiger partial charge on any atom is -0.369 e. The molecule has 100 valence electrons. The fourth-order valence-corrected chi connectivity index (χ4v) is 2.39. The van der Waals surface area contributed by atoms with Crippen LogP contribution in [0.2, 0.25) is 0 Å². The molecular weight excluding hydrogens is 224 g/mol. The molecule has 0 radical (unpaired) electrons. The van der Waals surface area contributed by atoms with E-state index in [0.717, 1.165) is 18.8 Å². The first kappa shape index (κ1) is 13.3. The molecule has 1 saturated heterocycles. The van der Waals surface area contributed by atoms with Crippen molar-refractivity contribution in [2.45, 2.75) is 25.4 Å². The number of hydrogen-bond donors (Lipinski definition) is 1. The first-order chi connectivity index (χ1) is 8.61. The molecule has 1 fully saturated rings. The Kier molecular flexibility index (Phi) is 4.19. The monoisotopic (exact) mass is 248 g/mol. The molecule has 2 heterocycles. The van der Waals surface area contributed by atoms with E-state index in [9.17, 15) is 0 Å². The zero-order valence-electron chi connectivity index (χ0n) is 11.8. The van der Waals surface area contributed by atoms with Crippen molar-refractivity contribution in [3.05, 3.63) is 24.0 Å². The molecule has 1 aliphatic rings. The summed E-state index contributed by atoms with van der Waals surface area (Å²) in [4.78, 5) is 9.28. The number of hydrogen-bond acceptors (Lipinski definition) is 4. The quantitative estimate of drug-likeness (QED) is 0.875. The maximum atomic E-state index is 4.55. The average molecular weight is 248 g/mol. The molecule has 2 unspecified atom stereocenters. The molecule has 0 spiro atoms. The normalized spacial score (nSPS) is 21.6. The molecule has 0 bridgehead atoms. The van der Waals surface area contributed by atoms with Gasteiger partial charge < -0.3 is 15.1 Å². The fraction of sp³-hybridized carbons (Fsp3) is 0.643. The summed E-state index contributed by atoms with van der Waals surface area (Å²) in [7, 11) is 6.27. The maximum absolute atomic E-state index is 4.55. The van der Waals surface area contributed by atoms with Gasteiger partial charge in [0, 0.05) is 25.2 Å². The maximum Gasteiger partial charge on any atom is 0.0571 e. The van der Waals surface area contributed by atoms with Crippen LogP contribution < -0.4 is 10.2 Å². The van der Waals surface area contributed by atoms with Gasteiger partial charge in [0.2, 0.25) is 0 Å². The molecule has 1 aromatic rings. The Morgan fingerprint density at radius 3 is 2.72 bits per heavy atom. The topological polar surface area (TPSA) is 31.4 Å². The third-order valence-corrected chi connectivity index (χ3v) is 3.91. The van der Waals surface area contributed by atoms with Gasteiger partial charge in [-0.1, -0.05) is 0 Å². The van der Waals surface area contributed by atoms with Crippen molar-refractivity contribution in [3.8, 4) is 0 Å². The highest BCUT2D eigenvalue weighted by molar-refractivity contribution is 5.46. The molecule has 4 heteroatoms. The molecule has 0 amide bonds. The number of rotatable bonds is 4. The third kappa shape index (κ3) is 2.82. The van der Waals surface area contributed by atoms with E-state index in [2.05, 4.69) is 53.3 Å². The Hall–Kier alpha value is -1.13. The Morgan fingerprint density at radius 2 is 2.22 bits per heavy atom. The van der Waals surface area contributed by atoms with Gasteiger partial charge in [0.05, 0.1) is 17.6 Å². The molecule has 4 nitrogen and oxygen atoms in total. The Labute approximate surface area is 110 Å². The lowest BCUT2D eigenvalue weighted by Gasteiger charge is -2.22. The van der Waals surface area contributed by atoms with Crippen molar-refractivity contribution in [3.63, 3.8) is 0 Å². The van der Waals surface area contributed by atoms with Crippen molar-refractivity contribution in [2.75, 3.05) is 39.1 Å². The summed E-state index contributed by atoms with van der Waals surface area (Å²) in [6.07, 6.45) is 3.24. The number of anilines is 1. The van der Waals surface area contributed by atoms with Crippen LogP contribution in [0.25, 0.3) is 0 Å². The summed E-state index contributed by atoms with van der Waals surface area (Å²) in [6.45, 7) is 4.36. The Morgan fingerprint density at radius 1 is 1.44 bits per heavy atom. The second-order valence-corrected chi connectivity index (χ2v) is 5.30. The van der Waals surface area contributed by atoms with Crippen molar-refractivity contribution in [2.24, 2.45) is 0 Å². The van der Waals surface area contributed by atoms with Gasteiger partial charge in [-0.2, -0.15) is 0 Å². The van der Waals surface area contributed by atoms with Crippen molar-refractivity contribution in [1.29, 1.82) is 0 Å². The molecule has 0 aliphatic carbocycles. The lowest BCUT2D eigenvalue weighted by molar-refractivity contribution is 0.315. The van der Waals surface area contributed by atoms with E-state index in [4.69, 9.17) is 0 Å². The van der Waals surface area contributed by atoms with Crippen LogP contribution in [-0.4, -0.2) is 50.2 Å². The SMILES string of the molecule is CNC(C)c1ccc(N2CCC(N(C)C)C2)cn1. The van der Waals surface area contributed by atoms with Gasteiger partial charge >= 0.3 is 0 Å². The summed E-state index contributed by atoms with van der Waals surface area (Å²) in [5, 5.41) is 3.21. The predicted octanol–water partition coefficient (Wildman–Crippen LogP) is 1.50. The molecule has 0 saturated carbocycles. The Bertz CT molecular complexity index is 374. The lowest BCUT2D eigenvalue weighted by Crippen LogP contribution is -2.31. The summed E-state index contributed by atoms with van der Waals surface area (Å²) in [5.41, 5.74) is 2.34. The van der Waals surface area contributed by atoms with E-state index >= 15 is 0 Å². The first-order valence-electron chi connectivity index (χ1n) is 6.66. The van der Waals surface area contributed by atoms with E-state index in [1.165, 1.54) is 12.1 Å². The molecule has 18 heavy (non-hydrogen) atoms. The van der Waals surface area contributed by atoms with Crippen molar-refractivity contribution < 1.29 is 0 Å². The highest BCUT2D eigenvalue weighted by Crippen LogP contribution is 2.22. The van der Waals surface area contributed by atoms with Gasteiger partial charge in [-0.15, -0.1) is 0 Å². The third-order valence-electron chi connectivity index (χ3n) is 3.91. The van der Waals surface area contributed by atoms with Crippen molar-refractivity contribution >= 4 is 5.69 Å². The zero-order chi connectivity index (χ0) is 13.1. The summed E-state index contributed by atoms with van der Waals surface area (Å²) in [6, 6.07) is 5.29. The predicted molar refractivity (Wildman–Crippen MR) is 76.0 cm³/mol. The van der Waals surface area contributed by atoms with Gasteiger partial charge in [0.15, 0.2) is 0 Å². The molecule has 1 aliphatic heterocycles. The van der Waals surface area contributed by atoms with E-state index in [0.29, 0.717) is 12.1 Å². The number of aromatic nitrogens is 1. The molecule has 2 atom stereocenters. The second-order valence-electron chi connectivity index (χ2n) is 5.30. The molecule has 1 N–H and O–H groups in total. The standard InChI is InChI=1S/C14H24N4/c1-11(15-2)14-6-5-12(9-16-14)18-8-7-13(10-18)17(3)4/h5-6,9,11,13,15H,7-8,10H2,1-4H3. The van der Waals surface area contributed by atoms with E-state index < -0.39 is 0 Å². The molecule has 0 aromatic carbocycles. The van der Waals surface area contributed by atoms with Gasteiger partial charge in [0.1, 0.15) is 0 Å². The van der Waals surface area contributed by atoms with Crippen LogP contribution in [0.3, 0.4) is 0 Å². The van der Waals surface area contributed by atoms with Crippen LogP contribution in [-0.2, 0) is 0 Å². The van der Waals surface area contributed by atoms with E-state index in [1.807, 2.05) is 13.2 Å². The van der Waals surface area contributed by atoms with E-state index in [-0.39, 0.29) is 0 Å². The minimum atomic E-state index is 0.312.